The molecule has 0 heterocycles. The summed E-state index contributed by atoms with van der Waals surface area (Å²) in [6.07, 6.45) is 1.76. The second-order valence-electron chi connectivity index (χ2n) is 6.40. The van der Waals surface area contributed by atoms with Gasteiger partial charge in [0.25, 0.3) is 0 Å². The maximum Gasteiger partial charge on any atom is 0.250 e. The van der Waals surface area contributed by atoms with Gasteiger partial charge in [0.05, 0.1) is 0 Å². The van der Waals surface area contributed by atoms with Crippen molar-refractivity contribution < 1.29 is 9.90 Å². The zero-order valence-electron chi connectivity index (χ0n) is 17.9. The van der Waals surface area contributed by atoms with Crippen LogP contribution >= 0.6 is 0 Å². The molecule has 1 amide bonds. The number of amides is 1. The Bertz CT molecular complexity index is 567. The minimum atomic E-state index is -1.10. The average Bonchev–Trinajstić information content (AvgIpc) is 2.68. The number of rotatable bonds is 8. The van der Waals surface area contributed by atoms with E-state index in [1.165, 1.54) is 11.1 Å². The minimum absolute atomic E-state index is 0.0453. The molecule has 0 saturated heterocycles. The van der Waals surface area contributed by atoms with E-state index in [-0.39, 0.29) is 12.5 Å². The Morgan fingerprint density at radius 3 is 2.14 bits per heavy atom. The van der Waals surface area contributed by atoms with Gasteiger partial charge in [-0.05, 0) is 38.7 Å². The Morgan fingerprint density at radius 1 is 1.25 bits per heavy atom. The van der Waals surface area contributed by atoms with E-state index < -0.39 is 12.0 Å². The molecule has 160 valence electrons. The fourth-order valence-corrected chi connectivity index (χ4v) is 1.55. The van der Waals surface area contributed by atoms with E-state index in [0.29, 0.717) is 6.54 Å². The van der Waals surface area contributed by atoms with Gasteiger partial charge in [0.15, 0.2) is 5.96 Å². The fourth-order valence-electron chi connectivity index (χ4n) is 1.55. The van der Waals surface area contributed by atoms with Crippen LogP contribution in [-0.4, -0.2) is 42.7 Å². The van der Waals surface area contributed by atoms with Crippen molar-refractivity contribution in [2.24, 2.45) is 22.2 Å². The molecule has 7 nitrogen and oxygen atoms in total. The van der Waals surface area contributed by atoms with Gasteiger partial charge in [-0.1, -0.05) is 49.2 Å². The first-order chi connectivity index (χ1) is 13.2. The molecule has 1 aromatic rings. The quantitative estimate of drug-likeness (QED) is 0.259. The van der Waals surface area contributed by atoms with Crippen LogP contribution in [-0.2, 0) is 11.2 Å². The van der Waals surface area contributed by atoms with E-state index in [0.717, 1.165) is 31.4 Å². The molecule has 0 saturated carbocycles. The molecular weight excluding hydrogens is 354 g/mol. The van der Waals surface area contributed by atoms with Crippen LogP contribution in [0.5, 0.6) is 0 Å². The highest BCUT2D eigenvalue weighted by Gasteiger charge is 2.11. The van der Waals surface area contributed by atoms with Gasteiger partial charge in [-0.25, -0.2) is 0 Å². The van der Waals surface area contributed by atoms with Crippen molar-refractivity contribution in [2.45, 2.75) is 53.1 Å². The minimum Gasteiger partial charge on any atom is -0.382 e. The number of carbonyl (C=O) groups is 1. The van der Waals surface area contributed by atoms with E-state index in [1.54, 1.807) is 0 Å². The first-order valence-corrected chi connectivity index (χ1v) is 9.58. The lowest BCUT2D eigenvalue weighted by Gasteiger charge is -2.09. The average molecular weight is 394 g/mol. The standard InChI is InChI=1S/C12H18N2O2.C5H10.C4H11N3/c1-9-2-4-10(5-3-9)6-7-14-12(16)11(15)8-13;1-4-5(2)3;1-2-3-7-4(5)6/h2-5,11,15H,6-8,13H2,1H3,(H,14,16);2,4H2,1,3H3;2-3H2,1H3,(H4,5,6,7). The number of guanidine groups is 1. The van der Waals surface area contributed by atoms with Crippen LogP contribution in [0.3, 0.4) is 0 Å². The Balaban J connectivity index is 0. The number of hydrogen-bond donors (Lipinski definition) is 5. The Kier molecular flexibility index (Phi) is 17.9. The third kappa shape index (κ3) is 18.4. The lowest BCUT2D eigenvalue weighted by Crippen LogP contribution is -2.39. The number of aliphatic hydroxyl groups is 1. The van der Waals surface area contributed by atoms with E-state index >= 15 is 0 Å². The van der Waals surface area contributed by atoms with Gasteiger partial charge >= 0.3 is 0 Å². The number of aliphatic imine (C=N–C) groups is 1. The van der Waals surface area contributed by atoms with Gasteiger partial charge in [0.1, 0.15) is 6.10 Å². The van der Waals surface area contributed by atoms with Gasteiger partial charge in [-0.2, -0.15) is 0 Å². The summed E-state index contributed by atoms with van der Waals surface area (Å²) in [5.74, 6) is -0.225. The summed E-state index contributed by atoms with van der Waals surface area (Å²) < 4.78 is 0. The third-order valence-corrected chi connectivity index (χ3v) is 3.48. The van der Waals surface area contributed by atoms with Gasteiger partial charge in [-0.15, -0.1) is 6.58 Å². The van der Waals surface area contributed by atoms with Crippen LogP contribution in [0.4, 0.5) is 0 Å². The van der Waals surface area contributed by atoms with E-state index in [1.807, 2.05) is 45.0 Å². The van der Waals surface area contributed by atoms with Crippen molar-refractivity contribution in [1.29, 1.82) is 0 Å². The summed E-state index contributed by atoms with van der Waals surface area (Å²) in [6.45, 7) is 13.1. The van der Waals surface area contributed by atoms with Gasteiger partial charge < -0.3 is 27.6 Å². The van der Waals surface area contributed by atoms with Crippen molar-refractivity contribution in [1.82, 2.24) is 5.32 Å². The molecule has 0 aromatic heterocycles. The molecule has 7 heteroatoms. The molecule has 28 heavy (non-hydrogen) atoms. The zero-order chi connectivity index (χ0) is 21.9. The third-order valence-electron chi connectivity index (χ3n) is 3.48. The van der Waals surface area contributed by atoms with Crippen molar-refractivity contribution in [3.8, 4) is 0 Å². The van der Waals surface area contributed by atoms with Gasteiger partial charge in [0.2, 0.25) is 5.91 Å². The number of hydrogen-bond acceptors (Lipinski definition) is 4. The lowest BCUT2D eigenvalue weighted by molar-refractivity contribution is -0.128. The van der Waals surface area contributed by atoms with Crippen LogP contribution in [0.15, 0.2) is 41.4 Å². The molecule has 0 fully saturated rings. The van der Waals surface area contributed by atoms with Crippen molar-refractivity contribution in [3.63, 3.8) is 0 Å². The van der Waals surface area contributed by atoms with Crippen molar-refractivity contribution in [2.75, 3.05) is 19.6 Å². The molecule has 1 atom stereocenters. The number of nitrogens with two attached hydrogens (primary N) is 3. The summed E-state index contributed by atoms with van der Waals surface area (Å²) in [6, 6.07) is 8.12. The number of benzene rings is 1. The molecule has 0 aliphatic heterocycles. The van der Waals surface area contributed by atoms with E-state index in [9.17, 15) is 4.79 Å². The smallest absolute Gasteiger partial charge is 0.250 e. The normalized spacial score (nSPS) is 10.4. The molecular formula is C21H39N5O2. The predicted octanol–water partition coefficient (Wildman–Crippen LogP) is 1.62. The van der Waals surface area contributed by atoms with Crippen LogP contribution in [0.1, 0.15) is 44.7 Å². The summed E-state index contributed by atoms with van der Waals surface area (Å²) in [4.78, 5) is 14.9. The highest BCUT2D eigenvalue weighted by atomic mass is 16.3. The first kappa shape index (κ1) is 27.8. The van der Waals surface area contributed by atoms with E-state index in [2.05, 4.69) is 23.8 Å². The van der Waals surface area contributed by atoms with Crippen LogP contribution in [0, 0.1) is 6.92 Å². The summed E-state index contributed by atoms with van der Waals surface area (Å²) in [5, 5.41) is 11.8. The van der Waals surface area contributed by atoms with E-state index in [4.69, 9.17) is 22.3 Å². The largest absolute Gasteiger partial charge is 0.382 e. The molecule has 0 aliphatic rings. The molecule has 0 bridgehead atoms. The topological polar surface area (TPSA) is 140 Å². The number of aliphatic hydroxyl groups excluding tert-OH is 1. The molecule has 8 N–H and O–H groups in total. The molecule has 0 spiro atoms. The molecule has 1 aromatic carbocycles. The SMILES string of the molecule is C=C(C)CC.CCCN=C(N)N.Cc1ccc(CCNC(=O)C(O)CN)cc1. The zero-order valence-corrected chi connectivity index (χ0v) is 17.9. The number of nitrogens with one attached hydrogen (secondary N) is 1. The van der Waals surface area contributed by atoms with Crippen LogP contribution < -0.4 is 22.5 Å². The predicted molar refractivity (Wildman–Crippen MR) is 119 cm³/mol. The van der Waals surface area contributed by atoms with Crippen molar-refractivity contribution in [3.05, 3.63) is 47.5 Å². The Morgan fingerprint density at radius 2 is 1.79 bits per heavy atom. The number of carbonyl (C=O) groups excluding carboxylic acids is 1. The maximum absolute atomic E-state index is 11.2. The van der Waals surface area contributed by atoms with Crippen LogP contribution in [0.2, 0.25) is 0 Å². The molecule has 1 unspecified atom stereocenters. The lowest BCUT2D eigenvalue weighted by atomic mass is 10.1. The van der Waals surface area contributed by atoms with Crippen molar-refractivity contribution >= 4 is 11.9 Å². The highest BCUT2D eigenvalue weighted by molar-refractivity contribution is 5.80. The second-order valence-corrected chi connectivity index (χ2v) is 6.40. The number of allylic oxidation sites excluding steroid dienone is 1. The molecule has 1 rings (SSSR count). The van der Waals surface area contributed by atoms with Gasteiger partial charge in [0, 0.05) is 19.6 Å². The highest BCUT2D eigenvalue weighted by Crippen LogP contribution is 2.03. The summed E-state index contributed by atoms with van der Waals surface area (Å²) >= 11 is 0. The Hall–Kier alpha value is -2.38. The second kappa shape index (κ2) is 18.0. The van der Waals surface area contributed by atoms with Gasteiger partial charge in [-0.3, -0.25) is 9.79 Å². The molecule has 0 aliphatic carbocycles. The summed E-state index contributed by atoms with van der Waals surface area (Å²) in [5.41, 5.74) is 18.8. The number of nitrogens with zero attached hydrogens (tertiary/aromatic N) is 1. The monoisotopic (exact) mass is 393 g/mol. The van der Waals surface area contributed by atoms with Crippen LogP contribution in [0.25, 0.3) is 0 Å². The first-order valence-electron chi connectivity index (χ1n) is 9.58. The molecule has 0 radical (unpaired) electrons. The maximum atomic E-state index is 11.2. The Labute approximate surface area is 170 Å². The summed E-state index contributed by atoms with van der Waals surface area (Å²) in [7, 11) is 0. The fraction of sp³-hybridized carbons (Fsp3) is 0.524. The number of aryl methyl sites for hydroxylation is 1.